The molecule has 1 aromatic heterocycles. The first-order valence-corrected chi connectivity index (χ1v) is 7.01. The lowest BCUT2D eigenvalue weighted by atomic mass is 10.0. The van der Waals surface area contributed by atoms with E-state index in [0.717, 1.165) is 21.8 Å². The van der Waals surface area contributed by atoms with Gasteiger partial charge >= 0.3 is 0 Å². The van der Waals surface area contributed by atoms with Crippen molar-refractivity contribution in [2.45, 2.75) is 13.0 Å². The molecule has 1 heterocycles. The molecule has 0 spiro atoms. The van der Waals surface area contributed by atoms with Gasteiger partial charge < -0.3 is 19.3 Å². The summed E-state index contributed by atoms with van der Waals surface area (Å²) in [6.07, 6.45) is -0.705. The Balaban J connectivity index is 2.40. The van der Waals surface area contributed by atoms with Crippen LogP contribution in [-0.2, 0) is 0 Å². The second kappa shape index (κ2) is 6.15. The SMILES string of the molecule is COc1csc(C(O)c2cc(OC)c(OC)cc2C)c1. The van der Waals surface area contributed by atoms with E-state index in [1.807, 2.05) is 30.5 Å². The van der Waals surface area contributed by atoms with Gasteiger partial charge in [0.15, 0.2) is 11.5 Å². The minimum atomic E-state index is -0.705. The quantitative estimate of drug-likeness (QED) is 0.920. The van der Waals surface area contributed by atoms with Crippen LogP contribution in [0.3, 0.4) is 0 Å². The predicted molar refractivity (Wildman–Crippen MR) is 79.2 cm³/mol. The first-order chi connectivity index (χ1) is 9.60. The Hall–Kier alpha value is -1.72. The highest BCUT2D eigenvalue weighted by Gasteiger charge is 2.18. The number of aryl methyl sites for hydroxylation is 1. The van der Waals surface area contributed by atoms with E-state index in [-0.39, 0.29) is 0 Å². The molecular weight excluding hydrogens is 276 g/mol. The first kappa shape index (κ1) is 14.7. The molecule has 1 N–H and O–H groups in total. The van der Waals surface area contributed by atoms with Crippen molar-refractivity contribution in [1.29, 1.82) is 0 Å². The molecule has 5 heteroatoms. The summed E-state index contributed by atoms with van der Waals surface area (Å²) in [5, 5.41) is 12.4. The summed E-state index contributed by atoms with van der Waals surface area (Å²) in [6, 6.07) is 5.51. The van der Waals surface area contributed by atoms with Gasteiger partial charge in [-0.1, -0.05) is 0 Å². The molecule has 1 atom stereocenters. The van der Waals surface area contributed by atoms with E-state index in [9.17, 15) is 5.11 Å². The van der Waals surface area contributed by atoms with Crippen LogP contribution in [0.5, 0.6) is 17.2 Å². The van der Waals surface area contributed by atoms with Gasteiger partial charge in [0.2, 0.25) is 0 Å². The Labute approximate surface area is 122 Å². The lowest BCUT2D eigenvalue weighted by Gasteiger charge is -2.16. The molecule has 108 valence electrons. The van der Waals surface area contributed by atoms with Crippen molar-refractivity contribution in [2.24, 2.45) is 0 Å². The fourth-order valence-corrected chi connectivity index (χ4v) is 2.89. The van der Waals surface area contributed by atoms with Gasteiger partial charge in [0.05, 0.1) is 21.3 Å². The number of thiophene rings is 1. The molecule has 0 aliphatic carbocycles. The van der Waals surface area contributed by atoms with Crippen molar-refractivity contribution in [1.82, 2.24) is 0 Å². The largest absolute Gasteiger partial charge is 0.496 e. The Kier molecular flexibility index (Phi) is 4.52. The third-order valence-electron chi connectivity index (χ3n) is 3.17. The van der Waals surface area contributed by atoms with E-state index < -0.39 is 6.10 Å². The summed E-state index contributed by atoms with van der Waals surface area (Å²) in [4.78, 5) is 0.831. The Morgan fingerprint density at radius 1 is 1.00 bits per heavy atom. The van der Waals surface area contributed by atoms with Crippen LogP contribution in [0.2, 0.25) is 0 Å². The number of hydrogen-bond acceptors (Lipinski definition) is 5. The van der Waals surface area contributed by atoms with Crippen LogP contribution in [0, 0.1) is 6.92 Å². The standard InChI is InChI=1S/C15H18O4S/c1-9-5-12(18-3)13(19-4)7-11(9)15(16)14-6-10(17-2)8-20-14/h5-8,15-16H,1-4H3. The smallest absolute Gasteiger partial charge is 0.161 e. The second-order valence-corrected chi connectivity index (χ2v) is 5.30. The Bertz CT molecular complexity index is 592. The van der Waals surface area contributed by atoms with E-state index in [2.05, 4.69) is 0 Å². The highest BCUT2D eigenvalue weighted by Crippen LogP contribution is 2.37. The van der Waals surface area contributed by atoms with Crippen molar-refractivity contribution in [3.63, 3.8) is 0 Å². The molecule has 2 aromatic rings. The second-order valence-electron chi connectivity index (χ2n) is 4.36. The maximum atomic E-state index is 10.5. The minimum Gasteiger partial charge on any atom is -0.496 e. The van der Waals surface area contributed by atoms with Crippen LogP contribution >= 0.6 is 11.3 Å². The van der Waals surface area contributed by atoms with Crippen LogP contribution in [0.25, 0.3) is 0 Å². The predicted octanol–water partition coefficient (Wildman–Crippen LogP) is 3.16. The number of methoxy groups -OCH3 is 3. The Morgan fingerprint density at radius 2 is 1.65 bits per heavy atom. The molecule has 0 aliphatic rings. The van der Waals surface area contributed by atoms with Gasteiger partial charge in [-0.2, -0.15) is 0 Å². The van der Waals surface area contributed by atoms with E-state index >= 15 is 0 Å². The topological polar surface area (TPSA) is 47.9 Å². The minimum absolute atomic E-state index is 0.607. The third-order valence-corrected chi connectivity index (χ3v) is 4.13. The van der Waals surface area contributed by atoms with E-state index in [1.165, 1.54) is 11.3 Å². The van der Waals surface area contributed by atoms with Crippen LogP contribution in [0.4, 0.5) is 0 Å². The van der Waals surface area contributed by atoms with Gasteiger partial charge in [0.1, 0.15) is 11.9 Å². The van der Waals surface area contributed by atoms with Crippen molar-refractivity contribution in [3.8, 4) is 17.2 Å². The number of aliphatic hydroxyl groups excluding tert-OH is 1. The number of benzene rings is 1. The summed E-state index contributed by atoms with van der Waals surface area (Å²) >= 11 is 1.46. The summed E-state index contributed by atoms with van der Waals surface area (Å²) < 4.78 is 15.7. The number of rotatable bonds is 5. The highest BCUT2D eigenvalue weighted by molar-refractivity contribution is 7.10. The maximum Gasteiger partial charge on any atom is 0.161 e. The van der Waals surface area contributed by atoms with Crippen molar-refractivity contribution in [3.05, 3.63) is 39.6 Å². The molecule has 0 bridgehead atoms. The molecule has 1 unspecified atom stereocenters. The van der Waals surface area contributed by atoms with Crippen LogP contribution in [-0.4, -0.2) is 26.4 Å². The van der Waals surface area contributed by atoms with Gasteiger partial charge in [0.25, 0.3) is 0 Å². The molecule has 20 heavy (non-hydrogen) atoms. The van der Waals surface area contributed by atoms with E-state index in [4.69, 9.17) is 14.2 Å². The molecule has 4 nitrogen and oxygen atoms in total. The third kappa shape index (κ3) is 2.73. The van der Waals surface area contributed by atoms with Gasteiger partial charge in [0, 0.05) is 10.3 Å². The highest BCUT2D eigenvalue weighted by atomic mass is 32.1. The van der Waals surface area contributed by atoms with Gasteiger partial charge in [-0.05, 0) is 36.2 Å². The van der Waals surface area contributed by atoms with E-state index in [0.29, 0.717) is 11.5 Å². The monoisotopic (exact) mass is 294 g/mol. The summed E-state index contributed by atoms with van der Waals surface area (Å²) in [6.45, 7) is 1.94. The van der Waals surface area contributed by atoms with Crippen molar-refractivity contribution in [2.75, 3.05) is 21.3 Å². The maximum absolute atomic E-state index is 10.5. The zero-order valence-electron chi connectivity index (χ0n) is 12.0. The van der Waals surface area contributed by atoms with Gasteiger partial charge in [-0.3, -0.25) is 0 Å². The first-order valence-electron chi connectivity index (χ1n) is 6.13. The molecule has 0 radical (unpaired) electrons. The van der Waals surface area contributed by atoms with E-state index in [1.54, 1.807) is 21.3 Å². The van der Waals surface area contributed by atoms with Crippen molar-refractivity contribution < 1.29 is 19.3 Å². The molecule has 0 saturated heterocycles. The lowest BCUT2D eigenvalue weighted by molar-refractivity contribution is 0.222. The fraction of sp³-hybridized carbons (Fsp3) is 0.333. The van der Waals surface area contributed by atoms with Crippen LogP contribution in [0.1, 0.15) is 22.1 Å². The van der Waals surface area contributed by atoms with Crippen LogP contribution in [0.15, 0.2) is 23.6 Å². The number of ether oxygens (including phenoxy) is 3. The summed E-state index contributed by atoms with van der Waals surface area (Å²) in [5.74, 6) is 2.02. The molecule has 0 fully saturated rings. The zero-order valence-corrected chi connectivity index (χ0v) is 12.8. The van der Waals surface area contributed by atoms with Gasteiger partial charge in [-0.25, -0.2) is 0 Å². The zero-order chi connectivity index (χ0) is 14.7. The lowest BCUT2D eigenvalue weighted by Crippen LogP contribution is -2.02. The molecule has 1 aromatic carbocycles. The molecular formula is C15H18O4S. The summed E-state index contributed by atoms with van der Waals surface area (Å²) in [5.41, 5.74) is 1.75. The molecule has 0 saturated carbocycles. The number of hydrogen-bond donors (Lipinski definition) is 1. The van der Waals surface area contributed by atoms with Crippen molar-refractivity contribution >= 4 is 11.3 Å². The molecule has 2 rings (SSSR count). The summed E-state index contributed by atoms with van der Waals surface area (Å²) in [7, 11) is 4.79. The van der Waals surface area contributed by atoms with Crippen LogP contribution < -0.4 is 14.2 Å². The average Bonchev–Trinajstić information content (AvgIpc) is 2.95. The molecule has 0 aliphatic heterocycles. The normalized spacial score (nSPS) is 12.1. The number of aliphatic hydroxyl groups is 1. The fourth-order valence-electron chi connectivity index (χ4n) is 2.03. The Morgan fingerprint density at radius 3 is 2.20 bits per heavy atom. The average molecular weight is 294 g/mol. The molecule has 0 amide bonds. The van der Waals surface area contributed by atoms with Gasteiger partial charge in [-0.15, -0.1) is 11.3 Å².